The van der Waals surface area contributed by atoms with Crippen molar-refractivity contribution >= 4 is 17.4 Å². The van der Waals surface area contributed by atoms with Gasteiger partial charge < -0.3 is 20.1 Å². The third-order valence-electron chi connectivity index (χ3n) is 6.82. The van der Waals surface area contributed by atoms with Crippen molar-refractivity contribution in [3.8, 4) is 17.2 Å². The number of nitrogens with one attached hydrogen (secondary N) is 2. The molecule has 2 aromatic carbocycles. The van der Waals surface area contributed by atoms with Crippen molar-refractivity contribution in [1.29, 1.82) is 0 Å². The molecule has 0 bridgehead atoms. The molecule has 0 spiro atoms. The topological polar surface area (TPSA) is 88.1 Å². The summed E-state index contributed by atoms with van der Waals surface area (Å²) in [5, 5.41) is 5.78. The molecular weight excluding hydrogens is 535 g/mol. The number of nitrogens with zero attached hydrogens (tertiary/aromatic N) is 3. The number of benzene rings is 2. The zero-order valence-corrected chi connectivity index (χ0v) is 22.5. The Hall–Kier alpha value is -4.12. The normalized spacial score (nSPS) is 15.3. The van der Waals surface area contributed by atoms with Gasteiger partial charge in [-0.15, -0.1) is 0 Å². The molecule has 1 saturated heterocycles. The molecule has 3 aromatic rings. The van der Waals surface area contributed by atoms with E-state index >= 15 is 0 Å². The number of aliphatic imine (C=N–C) groups is 1. The first-order valence-electron chi connectivity index (χ1n) is 13.7. The quantitative estimate of drug-likeness (QED) is 0.328. The number of ether oxygens (including phenoxy) is 2. The van der Waals surface area contributed by atoms with Gasteiger partial charge in [0.2, 0.25) is 5.91 Å². The number of anilines is 1. The van der Waals surface area contributed by atoms with E-state index in [0.29, 0.717) is 36.7 Å². The smallest absolute Gasteiger partial charge is 0.416 e. The SMILES string of the molecule is O=C(CCc1cccc(Oc2ccnc(C3=NCCN3)c2)c1)Nc1cc(OCCN2CCCC2)cc(C(F)(F)F)c1. The third-order valence-corrected chi connectivity index (χ3v) is 6.82. The molecule has 5 rings (SSSR count). The molecule has 41 heavy (non-hydrogen) atoms. The fraction of sp³-hybridized carbons (Fsp3) is 0.367. The monoisotopic (exact) mass is 567 g/mol. The Morgan fingerprint density at radius 1 is 1.02 bits per heavy atom. The first-order chi connectivity index (χ1) is 19.8. The molecule has 8 nitrogen and oxygen atoms in total. The maximum atomic E-state index is 13.5. The van der Waals surface area contributed by atoms with E-state index in [-0.39, 0.29) is 24.5 Å². The molecule has 0 unspecified atom stereocenters. The highest BCUT2D eigenvalue weighted by atomic mass is 19.4. The molecule has 216 valence electrons. The number of carbonyl (C=O) groups is 1. The number of hydrogen-bond acceptors (Lipinski definition) is 7. The lowest BCUT2D eigenvalue weighted by Crippen LogP contribution is -2.25. The summed E-state index contributed by atoms with van der Waals surface area (Å²) < 4.78 is 52.2. The fourth-order valence-electron chi connectivity index (χ4n) is 4.77. The Balaban J connectivity index is 1.17. The Morgan fingerprint density at radius 3 is 2.63 bits per heavy atom. The number of pyridine rings is 1. The van der Waals surface area contributed by atoms with Gasteiger partial charge in [-0.05, 0) is 68.2 Å². The van der Waals surface area contributed by atoms with Gasteiger partial charge in [0.1, 0.15) is 35.4 Å². The van der Waals surface area contributed by atoms with Crippen LogP contribution in [0, 0.1) is 0 Å². The van der Waals surface area contributed by atoms with Crippen LogP contribution in [0.1, 0.15) is 36.1 Å². The number of rotatable bonds is 11. The van der Waals surface area contributed by atoms with Crippen molar-refractivity contribution in [3.63, 3.8) is 0 Å². The van der Waals surface area contributed by atoms with Crippen LogP contribution in [0.3, 0.4) is 0 Å². The first-order valence-corrected chi connectivity index (χ1v) is 13.7. The van der Waals surface area contributed by atoms with E-state index in [1.807, 2.05) is 24.3 Å². The van der Waals surface area contributed by atoms with Crippen LogP contribution in [-0.4, -0.2) is 61.0 Å². The van der Waals surface area contributed by atoms with Crippen molar-refractivity contribution in [1.82, 2.24) is 15.2 Å². The van der Waals surface area contributed by atoms with E-state index < -0.39 is 17.6 Å². The van der Waals surface area contributed by atoms with Crippen LogP contribution in [0.25, 0.3) is 0 Å². The number of amides is 1. The molecule has 11 heteroatoms. The maximum absolute atomic E-state index is 13.5. The second kappa shape index (κ2) is 13.0. The lowest BCUT2D eigenvalue weighted by atomic mass is 10.1. The highest BCUT2D eigenvalue weighted by molar-refractivity contribution is 5.98. The number of amidine groups is 1. The minimum Gasteiger partial charge on any atom is -0.492 e. The highest BCUT2D eigenvalue weighted by Gasteiger charge is 2.31. The lowest BCUT2D eigenvalue weighted by molar-refractivity contribution is -0.137. The molecule has 2 aliphatic heterocycles. The molecule has 0 aliphatic carbocycles. The van der Waals surface area contributed by atoms with Gasteiger partial charge in [0, 0.05) is 43.5 Å². The first kappa shape index (κ1) is 28.4. The van der Waals surface area contributed by atoms with Crippen LogP contribution in [0.15, 0.2) is 65.8 Å². The van der Waals surface area contributed by atoms with E-state index in [1.54, 1.807) is 18.3 Å². The molecule has 1 fully saturated rings. The number of halogens is 3. The summed E-state index contributed by atoms with van der Waals surface area (Å²) in [5.41, 5.74) is 0.727. The summed E-state index contributed by atoms with van der Waals surface area (Å²) in [6.07, 6.45) is -0.211. The molecule has 1 amide bonds. The summed E-state index contributed by atoms with van der Waals surface area (Å²) >= 11 is 0. The molecule has 0 radical (unpaired) electrons. The minimum absolute atomic E-state index is 0.0490. The van der Waals surface area contributed by atoms with Gasteiger partial charge in [0.25, 0.3) is 0 Å². The van der Waals surface area contributed by atoms with Crippen LogP contribution in [0.5, 0.6) is 17.2 Å². The molecule has 1 aromatic heterocycles. The minimum atomic E-state index is -4.56. The van der Waals surface area contributed by atoms with Crippen molar-refractivity contribution in [2.45, 2.75) is 31.9 Å². The zero-order chi connectivity index (χ0) is 28.7. The lowest BCUT2D eigenvalue weighted by Gasteiger charge is -2.17. The van der Waals surface area contributed by atoms with Crippen LogP contribution < -0.4 is 20.1 Å². The molecule has 2 aliphatic rings. The highest BCUT2D eigenvalue weighted by Crippen LogP contribution is 2.34. The van der Waals surface area contributed by atoms with Crippen molar-refractivity contribution in [3.05, 3.63) is 77.6 Å². The molecule has 2 N–H and O–H groups in total. The number of carbonyl (C=O) groups excluding carboxylic acids is 1. The van der Waals surface area contributed by atoms with E-state index in [9.17, 15) is 18.0 Å². The fourth-order valence-corrected chi connectivity index (χ4v) is 4.77. The number of hydrogen-bond donors (Lipinski definition) is 2. The van der Waals surface area contributed by atoms with Crippen LogP contribution in [0.4, 0.5) is 18.9 Å². The van der Waals surface area contributed by atoms with E-state index in [1.165, 1.54) is 6.07 Å². The zero-order valence-electron chi connectivity index (χ0n) is 22.5. The Labute approximate surface area is 236 Å². The average Bonchev–Trinajstić information content (AvgIpc) is 3.67. The van der Waals surface area contributed by atoms with Gasteiger partial charge in [-0.3, -0.25) is 19.7 Å². The predicted molar refractivity (Wildman–Crippen MR) is 150 cm³/mol. The van der Waals surface area contributed by atoms with Gasteiger partial charge >= 0.3 is 6.18 Å². The third kappa shape index (κ3) is 8.20. The number of aryl methyl sites for hydroxylation is 1. The Bertz CT molecular complexity index is 1390. The van der Waals surface area contributed by atoms with Crippen LogP contribution >= 0.6 is 0 Å². The van der Waals surface area contributed by atoms with Gasteiger partial charge in [0.05, 0.1) is 12.1 Å². The Kier molecular flexibility index (Phi) is 9.03. The molecular formula is C30H32F3N5O3. The van der Waals surface area contributed by atoms with E-state index in [0.717, 1.165) is 56.0 Å². The summed E-state index contributed by atoms with van der Waals surface area (Å²) in [6.45, 7) is 4.36. The summed E-state index contributed by atoms with van der Waals surface area (Å²) in [5.74, 6) is 1.60. The Morgan fingerprint density at radius 2 is 1.85 bits per heavy atom. The summed E-state index contributed by atoms with van der Waals surface area (Å²) in [4.78, 5) is 23.6. The second-order valence-electron chi connectivity index (χ2n) is 9.97. The number of aromatic nitrogens is 1. The van der Waals surface area contributed by atoms with Gasteiger partial charge in [-0.2, -0.15) is 13.2 Å². The summed E-state index contributed by atoms with van der Waals surface area (Å²) in [7, 11) is 0. The van der Waals surface area contributed by atoms with E-state index in [2.05, 4.69) is 25.5 Å². The van der Waals surface area contributed by atoms with Gasteiger partial charge in [0.15, 0.2) is 0 Å². The number of likely N-dealkylation sites (tertiary alicyclic amines) is 1. The number of alkyl halides is 3. The van der Waals surface area contributed by atoms with Gasteiger partial charge in [-0.1, -0.05) is 12.1 Å². The van der Waals surface area contributed by atoms with E-state index in [4.69, 9.17) is 9.47 Å². The van der Waals surface area contributed by atoms with Crippen LogP contribution in [-0.2, 0) is 17.4 Å². The van der Waals surface area contributed by atoms with Crippen LogP contribution in [0.2, 0.25) is 0 Å². The van der Waals surface area contributed by atoms with Crippen molar-refractivity contribution in [2.75, 3.05) is 44.6 Å². The standard InChI is InChI=1S/C30H32F3N5O3/c31-30(32,33)22-17-23(19-26(18-22)40-15-14-38-12-1-2-13-38)37-28(39)7-6-21-4-3-5-24(16-21)41-25-8-9-34-27(20-25)29-35-10-11-36-29/h3-5,8-9,16-20H,1-2,6-7,10-15H2,(H,35,36)(H,37,39). The molecule has 0 atom stereocenters. The largest absolute Gasteiger partial charge is 0.492 e. The second-order valence-corrected chi connectivity index (χ2v) is 9.97. The predicted octanol–water partition coefficient (Wildman–Crippen LogP) is 5.29. The summed E-state index contributed by atoms with van der Waals surface area (Å²) in [6, 6.07) is 14.2. The van der Waals surface area contributed by atoms with Crippen molar-refractivity contribution < 1.29 is 27.4 Å². The van der Waals surface area contributed by atoms with Gasteiger partial charge in [-0.25, -0.2) is 0 Å². The maximum Gasteiger partial charge on any atom is 0.416 e. The van der Waals surface area contributed by atoms with Crippen molar-refractivity contribution in [2.24, 2.45) is 4.99 Å². The molecule has 0 saturated carbocycles. The average molecular weight is 568 g/mol. The molecule has 3 heterocycles.